The molecule has 0 aliphatic carbocycles. The number of aromatic carboxylic acids is 1. The number of amides is 1. The molecule has 0 saturated carbocycles. The van der Waals surface area contributed by atoms with Gasteiger partial charge in [0.15, 0.2) is 11.4 Å². The third kappa shape index (κ3) is 2.45. The predicted molar refractivity (Wildman–Crippen MR) is 63.0 cm³/mol. The molecule has 2 atom stereocenters. The number of hydrogen-bond acceptors (Lipinski definition) is 5. The summed E-state index contributed by atoms with van der Waals surface area (Å²) in [6.07, 6.45) is 0.747. The molecule has 0 bridgehead atoms. The molecular formula is C11H15N3O5. The van der Waals surface area contributed by atoms with Crippen molar-refractivity contribution < 1.29 is 24.2 Å². The number of aromatic nitrogens is 2. The molecule has 19 heavy (non-hydrogen) atoms. The minimum Gasteiger partial charge on any atom is -0.477 e. The Kier molecular flexibility index (Phi) is 3.82. The summed E-state index contributed by atoms with van der Waals surface area (Å²) in [5.74, 6) is -1.66. The molecule has 2 heterocycles. The van der Waals surface area contributed by atoms with E-state index in [1.807, 2.05) is 0 Å². The van der Waals surface area contributed by atoms with Gasteiger partial charge in [-0.05, 0) is 0 Å². The fourth-order valence-electron chi connectivity index (χ4n) is 2.13. The van der Waals surface area contributed by atoms with Crippen LogP contribution in [0.15, 0.2) is 6.33 Å². The molecule has 1 amide bonds. The van der Waals surface area contributed by atoms with E-state index in [0.29, 0.717) is 13.1 Å². The van der Waals surface area contributed by atoms with Crippen molar-refractivity contribution in [2.45, 2.75) is 12.2 Å². The molecule has 0 spiro atoms. The van der Waals surface area contributed by atoms with Gasteiger partial charge in [-0.25, -0.2) is 9.78 Å². The van der Waals surface area contributed by atoms with Crippen molar-refractivity contribution in [2.75, 3.05) is 27.3 Å². The first kappa shape index (κ1) is 13.5. The third-order valence-electron chi connectivity index (χ3n) is 3.16. The first-order valence-corrected chi connectivity index (χ1v) is 5.70. The summed E-state index contributed by atoms with van der Waals surface area (Å²) in [5, 5.41) is 8.95. The number of carboxylic acids is 1. The van der Waals surface area contributed by atoms with E-state index in [0.717, 1.165) is 0 Å². The van der Waals surface area contributed by atoms with Crippen molar-refractivity contribution in [3.05, 3.63) is 17.7 Å². The number of carbonyl (C=O) groups is 2. The van der Waals surface area contributed by atoms with E-state index in [1.54, 1.807) is 14.2 Å². The Labute approximate surface area is 109 Å². The molecule has 1 aromatic heterocycles. The Bertz CT molecular complexity index is 474. The monoisotopic (exact) mass is 269 g/mol. The summed E-state index contributed by atoms with van der Waals surface area (Å²) in [6, 6.07) is 0. The van der Waals surface area contributed by atoms with Crippen LogP contribution < -0.4 is 0 Å². The van der Waals surface area contributed by atoms with Crippen LogP contribution in [0.2, 0.25) is 0 Å². The van der Waals surface area contributed by atoms with E-state index >= 15 is 0 Å². The van der Waals surface area contributed by atoms with Crippen LogP contribution in [0.3, 0.4) is 0 Å². The van der Waals surface area contributed by atoms with Gasteiger partial charge in [-0.3, -0.25) is 4.79 Å². The molecule has 104 valence electrons. The van der Waals surface area contributed by atoms with Gasteiger partial charge < -0.3 is 24.5 Å². The number of imidazole rings is 1. The third-order valence-corrected chi connectivity index (χ3v) is 3.16. The number of carbonyl (C=O) groups excluding carboxylic acids is 1. The summed E-state index contributed by atoms with van der Waals surface area (Å²) < 4.78 is 10.5. The fourth-order valence-corrected chi connectivity index (χ4v) is 2.13. The largest absolute Gasteiger partial charge is 0.477 e. The number of rotatable bonds is 4. The van der Waals surface area contributed by atoms with Gasteiger partial charge in [0.2, 0.25) is 0 Å². The SMILES string of the molecule is COC1CN(C(=O)c2nc[nH]c2C(=O)O)CC1OC. The van der Waals surface area contributed by atoms with Gasteiger partial charge in [0.05, 0.1) is 6.33 Å². The molecule has 1 aliphatic heterocycles. The molecule has 2 unspecified atom stereocenters. The molecule has 8 nitrogen and oxygen atoms in total. The lowest BCUT2D eigenvalue weighted by Gasteiger charge is -2.14. The number of ether oxygens (including phenoxy) is 2. The number of likely N-dealkylation sites (tertiary alicyclic amines) is 1. The summed E-state index contributed by atoms with van der Waals surface area (Å²) in [4.78, 5) is 30.9. The number of carboxylic acid groups (broad SMARTS) is 1. The van der Waals surface area contributed by atoms with Crippen molar-refractivity contribution in [3.8, 4) is 0 Å². The topological polar surface area (TPSA) is 105 Å². The van der Waals surface area contributed by atoms with Gasteiger partial charge in [-0.1, -0.05) is 0 Å². The molecule has 1 fully saturated rings. The second-order valence-corrected chi connectivity index (χ2v) is 4.19. The fraction of sp³-hybridized carbons (Fsp3) is 0.545. The van der Waals surface area contributed by atoms with Gasteiger partial charge in [-0.2, -0.15) is 0 Å². The van der Waals surface area contributed by atoms with Crippen LogP contribution >= 0.6 is 0 Å². The zero-order valence-corrected chi connectivity index (χ0v) is 10.6. The lowest BCUT2D eigenvalue weighted by molar-refractivity contribution is -0.00461. The molecule has 1 aliphatic rings. The minimum absolute atomic E-state index is 0.0980. The smallest absolute Gasteiger partial charge is 0.354 e. The highest BCUT2D eigenvalue weighted by Gasteiger charge is 2.37. The molecule has 1 saturated heterocycles. The zero-order chi connectivity index (χ0) is 14.0. The van der Waals surface area contributed by atoms with Crippen LogP contribution in [0.25, 0.3) is 0 Å². The average Bonchev–Trinajstić information content (AvgIpc) is 3.03. The van der Waals surface area contributed by atoms with Crippen molar-refractivity contribution in [2.24, 2.45) is 0 Å². The molecular weight excluding hydrogens is 254 g/mol. The Morgan fingerprint density at radius 2 is 1.95 bits per heavy atom. The van der Waals surface area contributed by atoms with Crippen LogP contribution in [0.1, 0.15) is 21.0 Å². The van der Waals surface area contributed by atoms with Crippen LogP contribution in [0, 0.1) is 0 Å². The number of nitrogens with one attached hydrogen (secondary N) is 1. The number of hydrogen-bond donors (Lipinski definition) is 2. The van der Waals surface area contributed by atoms with Crippen molar-refractivity contribution in [1.82, 2.24) is 14.9 Å². The highest BCUT2D eigenvalue weighted by Crippen LogP contribution is 2.18. The van der Waals surface area contributed by atoms with Gasteiger partial charge in [0.25, 0.3) is 5.91 Å². The first-order valence-electron chi connectivity index (χ1n) is 5.70. The summed E-state index contributed by atoms with van der Waals surface area (Å²) >= 11 is 0. The molecule has 2 N–H and O–H groups in total. The lowest BCUT2D eigenvalue weighted by atomic mass is 10.3. The van der Waals surface area contributed by atoms with E-state index < -0.39 is 11.9 Å². The van der Waals surface area contributed by atoms with Crippen LogP contribution in [-0.4, -0.2) is 71.4 Å². The van der Waals surface area contributed by atoms with E-state index in [2.05, 4.69) is 9.97 Å². The first-order chi connectivity index (χ1) is 9.08. The predicted octanol–water partition coefficient (Wildman–Crippen LogP) is -0.406. The van der Waals surface area contributed by atoms with Crippen LogP contribution in [0.5, 0.6) is 0 Å². The molecule has 0 aromatic carbocycles. The Balaban J connectivity index is 2.17. The number of H-pyrrole nitrogens is 1. The number of aromatic amines is 1. The highest BCUT2D eigenvalue weighted by atomic mass is 16.5. The van der Waals surface area contributed by atoms with E-state index in [9.17, 15) is 9.59 Å². The van der Waals surface area contributed by atoms with Gasteiger partial charge in [0.1, 0.15) is 12.2 Å². The van der Waals surface area contributed by atoms with E-state index in [4.69, 9.17) is 14.6 Å². The average molecular weight is 269 g/mol. The minimum atomic E-state index is -1.22. The van der Waals surface area contributed by atoms with Crippen LogP contribution in [-0.2, 0) is 9.47 Å². The van der Waals surface area contributed by atoms with E-state index in [1.165, 1.54) is 11.2 Å². The molecule has 2 rings (SSSR count). The van der Waals surface area contributed by atoms with Crippen molar-refractivity contribution >= 4 is 11.9 Å². The summed E-state index contributed by atoms with van der Waals surface area (Å²) in [5.41, 5.74) is -0.307. The quantitative estimate of drug-likeness (QED) is 0.770. The maximum atomic E-state index is 12.2. The molecule has 1 aromatic rings. The van der Waals surface area contributed by atoms with Gasteiger partial charge >= 0.3 is 5.97 Å². The highest BCUT2D eigenvalue weighted by molar-refractivity contribution is 6.02. The lowest BCUT2D eigenvalue weighted by Crippen LogP contribution is -2.31. The Hall–Kier alpha value is -1.93. The Morgan fingerprint density at radius 1 is 1.37 bits per heavy atom. The number of methoxy groups -OCH3 is 2. The maximum Gasteiger partial charge on any atom is 0.354 e. The second kappa shape index (κ2) is 5.37. The van der Waals surface area contributed by atoms with Crippen LogP contribution in [0.4, 0.5) is 0 Å². The maximum absolute atomic E-state index is 12.2. The van der Waals surface area contributed by atoms with Crippen molar-refractivity contribution in [3.63, 3.8) is 0 Å². The van der Waals surface area contributed by atoms with Gasteiger partial charge in [-0.15, -0.1) is 0 Å². The Morgan fingerprint density at radius 3 is 2.42 bits per heavy atom. The zero-order valence-electron chi connectivity index (χ0n) is 10.6. The standard InChI is InChI=1S/C11H15N3O5/c1-18-6-3-14(4-7(6)19-2)10(15)8-9(11(16)17)13-5-12-8/h5-7H,3-4H2,1-2H3,(H,12,13)(H,16,17). The summed E-state index contributed by atoms with van der Waals surface area (Å²) in [7, 11) is 3.09. The number of nitrogens with zero attached hydrogens (tertiary/aromatic N) is 2. The normalized spacial score (nSPS) is 22.7. The van der Waals surface area contributed by atoms with Gasteiger partial charge in [0, 0.05) is 27.3 Å². The summed E-state index contributed by atoms with van der Waals surface area (Å²) in [6.45, 7) is 0.694. The van der Waals surface area contributed by atoms with Crippen molar-refractivity contribution in [1.29, 1.82) is 0 Å². The molecule has 8 heteroatoms. The second-order valence-electron chi connectivity index (χ2n) is 4.19. The molecule has 0 radical (unpaired) electrons. The van der Waals surface area contributed by atoms with E-state index in [-0.39, 0.29) is 23.6 Å².